The van der Waals surface area contributed by atoms with Crippen molar-refractivity contribution in [3.05, 3.63) is 36.7 Å². The van der Waals surface area contributed by atoms with E-state index in [4.69, 9.17) is 14.6 Å². The van der Waals surface area contributed by atoms with E-state index >= 15 is 0 Å². The summed E-state index contributed by atoms with van der Waals surface area (Å²) in [5.41, 5.74) is 2.46. The van der Waals surface area contributed by atoms with Gasteiger partial charge in [0, 0.05) is 11.8 Å². The minimum absolute atomic E-state index is 0.335. The molecule has 1 saturated heterocycles. The van der Waals surface area contributed by atoms with Crippen LogP contribution in [0.2, 0.25) is 0 Å². The first-order valence-corrected chi connectivity index (χ1v) is 8.18. The molecule has 0 bridgehead atoms. The molecule has 1 aliphatic rings. The highest BCUT2D eigenvalue weighted by Gasteiger charge is 2.51. The first kappa shape index (κ1) is 16.8. The van der Waals surface area contributed by atoms with Gasteiger partial charge in [0.05, 0.1) is 36.4 Å². The van der Waals surface area contributed by atoms with Crippen LogP contribution in [0, 0.1) is 11.3 Å². The van der Waals surface area contributed by atoms with Crippen LogP contribution in [0.4, 0.5) is 0 Å². The molecule has 1 aromatic carbocycles. The molecule has 0 amide bonds. The molecule has 0 unspecified atom stereocenters. The molecule has 124 valence electrons. The Labute approximate surface area is 143 Å². The van der Waals surface area contributed by atoms with Crippen molar-refractivity contribution in [1.82, 2.24) is 9.78 Å². The zero-order chi connectivity index (χ0) is 17.4. The molecule has 0 N–H and O–H groups in total. The number of hydrogen-bond acceptors (Lipinski definition) is 4. The van der Waals surface area contributed by atoms with Gasteiger partial charge in [-0.2, -0.15) is 10.4 Å². The van der Waals surface area contributed by atoms with Crippen LogP contribution >= 0.6 is 0 Å². The molecule has 6 heteroatoms. The largest absolute Gasteiger partial charge is 0.494 e. The van der Waals surface area contributed by atoms with Gasteiger partial charge in [-0.25, -0.2) is 0 Å². The van der Waals surface area contributed by atoms with Crippen LogP contribution in [0.5, 0.6) is 0 Å². The van der Waals surface area contributed by atoms with Gasteiger partial charge >= 0.3 is 7.12 Å². The van der Waals surface area contributed by atoms with Crippen LogP contribution in [0.25, 0.3) is 11.1 Å². The summed E-state index contributed by atoms with van der Waals surface area (Å²) in [6.07, 6.45) is 4.24. The first-order valence-electron chi connectivity index (χ1n) is 8.18. The summed E-state index contributed by atoms with van der Waals surface area (Å²) in [5, 5.41) is 12.9. The van der Waals surface area contributed by atoms with E-state index in [1.54, 1.807) is 4.68 Å². The summed E-state index contributed by atoms with van der Waals surface area (Å²) in [6.45, 7) is 8.82. The summed E-state index contributed by atoms with van der Waals surface area (Å²) < 4.78 is 13.9. The lowest BCUT2D eigenvalue weighted by molar-refractivity contribution is 0.00578. The maximum Gasteiger partial charge on any atom is 0.494 e. The zero-order valence-electron chi connectivity index (χ0n) is 14.6. The lowest BCUT2D eigenvalue weighted by Crippen LogP contribution is -2.41. The Hall–Kier alpha value is -2.10. The Kier molecular flexibility index (Phi) is 4.24. The van der Waals surface area contributed by atoms with Crippen LogP contribution in [-0.2, 0) is 15.9 Å². The van der Waals surface area contributed by atoms with Crippen molar-refractivity contribution in [2.75, 3.05) is 0 Å². The number of nitrogens with zero attached hydrogens (tertiary/aromatic N) is 3. The van der Waals surface area contributed by atoms with Crippen LogP contribution in [-0.4, -0.2) is 28.1 Å². The van der Waals surface area contributed by atoms with E-state index in [1.165, 1.54) is 0 Å². The second-order valence-electron chi connectivity index (χ2n) is 7.11. The average Bonchev–Trinajstić information content (AvgIpc) is 3.08. The first-order chi connectivity index (χ1) is 11.3. The summed E-state index contributed by atoms with van der Waals surface area (Å²) in [5.74, 6) is 0. The van der Waals surface area contributed by atoms with Crippen molar-refractivity contribution in [2.45, 2.75) is 51.9 Å². The molecule has 1 aromatic heterocycles. The molecule has 0 radical (unpaired) electrons. The van der Waals surface area contributed by atoms with Gasteiger partial charge in [-0.1, -0.05) is 24.3 Å². The van der Waals surface area contributed by atoms with E-state index in [0.717, 1.165) is 16.6 Å². The molecule has 2 heterocycles. The normalized spacial score (nSPS) is 18.5. The van der Waals surface area contributed by atoms with Gasteiger partial charge in [-0.05, 0) is 38.7 Å². The number of aryl methyl sites for hydroxylation is 1. The van der Waals surface area contributed by atoms with Crippen LogP contribution in [0.1, 0.15) is 34.1 Å². The molecule has 0 saturated carbocycles. The van der Waals surface area contributed by atoms with Crippen molar-refractivity contribution in [3.63, 3.8) is 0 Å². The standard InChI is InChI=1S/C18H22BN3O2/c1-17(2)18(3,4)24-19(23-17)16-8-6-14(7-9-16)15-12-21-22(13-15)11-5-10-20/h6-9,12-13H,5,11H2,1-4H3. The molecule has 0 aliphatic carbocycles. The van der Waals surface area contributed by atoms with Crippen molar-refractivity contribution >= 4 is 12.6 Å². The summed E-state index contributed by atoms with van der Waals surface area (Å²) in [7, 11) is -0.345. The summed E-state index contributed by atoms with van der Waals surface area (Å²) in [4.78, 5) is 0. The molecule has 1 fully saturated rings. The Balaban J connectivity index is 1.75. The lowest BCUT2D eigenvalue weighted by Gasteiger charge is -2.32. The molecular weight excluding hydrogens is 301 g/mol. The van der Waals surface area contributed by atoms with E-state index in [0.29, 0.717) is 13.0 Å². The van der Waals surface area contributed by atoms with Gasteiger partial charge in [0.15, 0.2) is 0 Å². The second-order valence-corrected chi connectivity index (χ2v) is 7.11. The maximum atomic E-state index is 8.64. The SMILES string of the molecule is CC1(C)OB(c2ccc(-c3cnn(CCC#N)c3)cc2)OC1(C)C. The maximum absolute atomic E-state index is 8.64. The highest BCUT2D eigenvalue weighted by Crippen LogP contribution is 2.36. The monoisotopic (exact) mass is 323 g/mol. The minimum Gasteiger partial charge on any atom is -0.399 e. The van der Waals surface area contributed by atoms with Gasteiger partial charge in [0.2, 0.25) is 0 Å². The number of benzene rings is 1. The summed E-state index contributed by atoms with van der Waals surface area (Å²) in [6, 6.07) is 10.3. The van der Waals surface area contributed by atoms with Crippen molar-refractivity contribution < 1.29 is 9.31 Å². The van der Waals surface area contributed by atoms with Crippen molar-refractivity contribution in [1.29, 1.82) is 5.26 Å². The Bertz CT molecular complexity index is 743. The third-order valence-corrected chi connectivity index (χ3v) is 4.86. The summed E-state index contributed by atoms with van der Waals surface area (Å²) >= 11 is 0. The van der Waals surface area contributed by atoms with Crippen molar-refractivity contribution in [3.8, 4) is 17.2 Å². The van der Waals surface area contributed by atoms with Crippen molar-refractivity contribution in [2.24, 2.45) is 0 Å². The quantitative estimate of drug-likeness (QED) is 0.812. The van der Waals surface area contributed by atoms with Gasteiger partial charge in [-0.15, -0.1) is 0 Å². The topological polar surface area (TPSA) is 60.1 Å². The second kappa shape index (κ2) is 6.08. The zero-order valence-corrected chi connectivity index (χ0v) is 14.6. The Morgan fingerprint density at radius 1 is 1.08 bits per heavy atom. The minimum atomic E-state index is -0.345. The van der Waals surface area contributed by atoms with E-state index in [2.05, 4.69) is 38.9 Å². The van der Waals surface area contributed by atoms with Crippen LogP contribution in [0.15, 0.2) is 36.7 Å². The van der Waals surface area contributed by atoms with Crippen LogP contribution < -0.4 is 5.46 Å². The number of nitriles is 1. The molecule has 24 heavy (non-hydrogen) atoms. The predicted octanol–water partition coefficient (Wildman–Crippen LogP) is 2.76. The van der Waals surface area contributed by atoms with Gasteiger partial charge in [0.1, 0.15) is 0 Å². The third-order valence-electron chi connectivity index (χ3n) is 4.86. The fourth-order valence-corrected chi connectivity index (χ4v) is 2.61. The molecule has 5 nitrogen and oxygen atoms in total. The molecule has 3 rings (SSSR count). The van der Waals surface area contributed by atoms with Gasteiger partial charge in [-0.3, -0.25) is 4.68 Å². The molecule has 2 aromatic rings. The Morgan fingerprint density at radius 3 is 2.29 bits per heavy atom. The number of rotatable bonds is 4. The van der Waals surface area contributed by atoms with E-state index in [-0.39, 0.29) is 18.3 Å². The third kappa shape index (κ3) is 3.10. The van der Waals surface area contributed by atoms with Crippen LogP contribution in [0.3, 0.4) is 0 Å². The molecular formula is C18H22BN3O2. The molecule has 0 spiro atoms. The predicted molar refractivity (Wildman–Crippen MR) is 93.6 cm³/mol. The highest BCUT2D eigenvalue weighted by atomic mass is 16.7. The highest BCUT2D eigenvalue weighted by molar-refractivity contribution is 6.62. The Morgan fingerprint density at radius 2 is 1.71 bits per heavy atom. The van der Waals surface area contributed by atoms with Gasteiger partial charge in [0.25, 0.3) is 0 Å². The fourth-order valence-electron chi connectivity index (χ4n) is 2.61. The number of hydrogen-bond donors (Lipinski definition) is 0. The fraction of sp³-hybridized carbons (Fsp3) is 0.444. The molecule has 1 aliphatic heterocycles. The smallest absolute Gasteiger partial charge is 0.399 e. The number of aromatic nitrogens is 2. The average molecular weight is 323 g/mol. The molecule has 0 atom stereocenters. The van der Waals surface area contributed by atoms with E-state index < -0.39 is 0 Å². The lowest BCUT2D eigenvalue weighted by atomic mass is 9.78. The van der Waals surface area contributed by atoms with Gasteiger partial charge < -0.3 is 9.31 Å². The van der Waals surface area contributed by atoms with E-state index in [1.807, 2.05) is 36.7 Å². The van der Waals surface area contributed by atoms with E-state index in [9.17, 15) is 0 Å².